The SMILES string of the molecule is CC(C)[C@H](O)C(=O)NC1Cc2ccc3c(c2)C2(c4ccccc4NC2O3)c2oc(nc2-c2cnco2)[C@H](C(C)C)NC1=O. The highest BCUT2D eigenvalue weighted by molar-refractivity contribution is 5.90. The van der Waals surface area contributed by atoms with Gasteiger partial charge in [0.1, 0.15) is 29.4 Å². The molecule has 0 saturated heterocycles. The van der Waals surface area contributed by atoms with Crippen molar-refractivity contribution in [2.45, 2.75) is 63.9 Å². The lowest BCUT2D eigenvalue weighted by Gasteiger charge is -2.29. The van der Waals surface area contributed by atoms with Crippen LogP contribution in [0.1, 0.15) is 62.1 Å². The van der Waals surface area contributed by atoms with E-state index in [4.69, 9.17) is 18.6 Å². The Balaban J connectivity index is 1.47. The van der Waals surface area contributed by atoms with Crippen LogP contribution in [0.25, 0.3) is 11.5 Å². The predicted molar refractivity (Wildman–Crippen MR) is 155 cm³/mol. The molecule has 4 N–H and O–H groups in total. The Labute approximate surface area is 248 Å². The molecule has 5 atom stereocenters. The number of para-hydroxylation sites is 1. The van der Waals surface area contributed by atoms with E-state index in [1.807, 2.05) is 56.3 Å². The monoisotopic (exact) mass is 583 g/mol. The summed E-state index contributed by atoms with van der Waals surface area (Å²) in [5, 5.41) is 19.8. The number of carbonyl (C=O) groups excluding carboxylic acids is 2. The van der Waals surface area contributed by atoms with Crippen molar-refractivity contribution in [3.63, 3.8) is 0 Å². The first-order valence-electron chi connectivity index (χ1n) is 14.5. The van der Waals surface area contributed by atoms with Crippen molar-refractivity contribution in [2.24, 2.45) is 11.8 Å². The van der Waals surface area contributed by atoms with Crippen molar-refractivity contribution < 1.29 is 28.3 Å². The fourth-order valence-electron chi connectivity index (χ4n) is 6.36. The summed E-state index contributed by atoms with van der Waals surface area (Å²) in [5.74, 6) is 0.420. The molecule has 7 rings (SSSR count). The number of anilines is 1. The summed E-state index contributed by atoms with van der Waals surface area (Å²) in [6.07, 6.45) is 1.31. The molecule has 4 bridgehead atoms. The summed E-state index contributed by atoms with van der Waals surface area (Å²) in [6.45, 7) is 7.40. The van der Waals surface area contributed by atoms with Crippen LogP contribution in [0.15, 0.2) is 63.9 Å². The molecule has 11 heteroatoms. The number of aliphatic hydroxyl groups excluding tert-OH is 1. The van der Waals surface area contributed by atoms with E-state index >= 15 is 0 Å². The molecule has 0 radical (unpaired) electrons. The minimum Gasteiger partial charge on any atom is -0.469 e. The second-order valence-electron chi connectivity index (χ2n) is 12.1. The number of amides is 2. The van der Waals surface area contributed by atoms with Gasteiger partial charge in [-0.15, -0.1) is 0 Å². The lowest BCUT2D eigenvalue weighted by molar-refractivity contribution is -0.135. The van der Waals surface area contributed by atoms with Crippen molar-refractivity contribution >= 4 is 17.5 Å². The van der Waals surface area contributed by atoms with Crippen LogP contribution in [0.5, 0.6) is 5.75 Å². The summed E-state index contributed by atoms with van der Waals surface area (Å²) < 4.78 is 19.1. The number of carbonyl (C=O) groups is 2. The van der Waals surface area contributed by atoms with Crippen LogP contribution in [0, 0.1) is 11.8 Å². The fourth-order valence-corrected chi connectivity index (χ4v) is 6.36. The summed E-state index contributed by atoms with van der Waals surface area (Å²) in [5.41, 5.74) is 3.00. The average Bonchev–Trinajstić information content (AvgIpc) is 3.76. The summed E-state index contributed by atoms with van der Waals surface area (Å²) >= 11 is 0. The maximum atomic E-state index is 13.8. The smallest absolute Gasteiger partial charge is 0.249 e. The number of aliphatic hydroxyl groups is 1. The molecule has 0 saturated carbocycles. The number of benzene rings is 2. The molecule has 0 fully saturated rings. The number of oxazole rings is 2. The largest absolute Gasteiger partial charge is 0.469 e. The maximum Gasteiger partial charge on any atom is 0.249 e. The normalized spacial score (nSPS) is 24.3. The van der Waals surface area contributed by atoms with E-state index in [9.17, 15) is 14.7 Å². The van der Waals surface area contributed by atoms with Crippen LogP contribution >= 0.6 is 0 Å². The molecule has 222 valence electrons. The van der Waals surface area contributed by atoms with Crippen LogP contribution in [0.3, 0.4) is 0 Å². The second-order valence-corrected chi connectivity index (χ2v) is 12.1. The molecular formula is C32H33N5O6. The molecular weight excluding hydrogens is 550 g/mol. The van der Waals surface area contributed by atoms with Gasteiger partial charge in [-0.1, -0.05) is 58.0 Å². The third kappa shape index (κ3) is 4.13. The highest BCUT2D eigenvalue weighted by Gasteiger charge is 2.61. The highest BCUT2D eigenvalue weighted by atomic mass is 16.5. The van der Waals surface area contributed by atoms with Gasteiger partial charge in [0.25, 0.3) is 0 Å². The number of aromatic nitrogens is 2. The quantitative estimate of drug-likeness (QED) is 0.276. The van der Waals surface area contributed by atoms with Gasteiger partial charge in [-0.25, -0.2) is 9.97 Å². The standard InChI is InChI=1S/C32H33N5O6/c1-15(2)24-30-37-25(23-13-33-14-41-23)27(43-30)32-18-7-5-6-8-20(18)35-31(32)42-22-10-9-17(11-19(22)32)12-21(28(39)36-24)34-29(40)26(38)16(3)4/h5-11,13-16,21,24,26,31,35,38H,12H2,1-4H3,(H,34,40)(H,36,39)/t21?,24-,26-,31?,32?/m0/s1. The Morgan fingerprint density at radius 3 is 2.67 bits per heavy atom. The third-order valence-corrected chi connectivity index (χ3v) is 8.62. The van der Waals surface area contributed by atoms with Gasteiger partial charge in [0, 0.05) is 17.7 Å². The van der Waals surface area contributed by atoms with Gasteiger partial charge in [0.15, 0.2) is 29.8 Å². The Hall–Kier alpha value is -4.64. The molecule has 2 aromatic heterocycles. The van der Waals surface area contributed by atoms with Crippen LogP contribution < -0.4 is 20.7 Å². The van der Waals surface area contributed by atoms with Gasteiger partial charge in [-0.05, 0) is 35.1 Å². The van der Waals surface area contributed by atoms with Crippen molar-refractivity contribution in [1.82, 2.24) is 20.6 Å². The molecule has 1 spiro atoms. The van der Waals surface area contributed by atoms with Gasteiger partial charge in [-0.2, -0.15) is 0 Å². The average molecular weight is 584 g/mol. The zero-order valence-electron chi connectivity index (χ0n) is 24.3. The van der Waals surface area contributed by atoms with Crippen molar-refractivity contribution in [2.75, 3.05) is 5.32 Å². The molecule has 2 amide bonds. The van der Waals surface area contributed by atoms with Crippen molar-refractivity contribution in [3.05, 3.63) is 83.4 Å². The summed E-state index contributed by atoms with van der Waals surface area (Å²) in [7, 11) is 0. The van der Waals surface area contributed by atoms with Gasteiger partial charge < -0.3 is 34.6 Å². The molecule has 2 aromatic carbocycles. The van der Waals surface area contributed by atoms with Gasteiger partial charge >= 0.3 is 0 Å². The molecule has 3 aliphatic rings. The summed E-state index contributed by atoms with van der Waals surface area (Å²) in [4.78, 5) is 35.9. The van der Waals surface area contributed by atoms with Crippen LogP contribution in [0.2, 0.25) is 0 Å². The fraction of sp³-hybridized carbons (Fsp3) is 0.375. The Morgan fingerprint density at radius 1 is 1.12 bits per heavy atom. The number of ether oxygens (including phenoxy) is 1. The number of nitrogens with one attached hydrogen (secondary N) is 3. The molecule has 0 aliphatic carbocycles. The molecule has 3 unspecified atom stereocenters. The van der Waals surface area contributed by atoms with E-state index in [-0.39, 0.29) is 18.3 Å². The minimum atomic E-state index is -1.26. The van der Waals surface area contributed by atoms with E-state index in [2.05, 4.69) is 20.9 Å². The molecule has 43 heavy (non-hydrogen) atoms. The van der Waals surface area contributed by atoms with E-state index in [1.54, 1.807) is 20.0 Å². The van der Waals surface area contributed by atoms with Gasteiger partial charge in [-0.3, -0.25) is 9.59 Å². The lowest BCUT2D eigenvalue weighted by atomic mass is 9.72. The zero-order valence-corrected chi connectivity index (χ0v) is 24.3. The molecule has 11 nitrogen and oxygen atoms in total. The zero-order chi connectivity index (χ0) is 30.0. The van der Waals surface area contributed by atoms with Crippen molar-refractivity contribution in [1.29, 1.82) is 0 Å². The molecule has 3 aliphatic heterocycles. The topological polar surface area (TPSA) is 152 Å². The second kappa shape index (κ2) is 9.98. The first-order chi connectivity index (χ1) is 20.7. The van der Waals surface area contributed by atoms with Gasteiger partial charge in [0.05, 0.1) is 6.20 Å². The van der Waals surface area contributed by atoms with Gasteiger partial charge in [0.2, 0.25) is 17.7 Å². The number of rotatable bonds is 5. The Kier molecular flexibility index (Phi) is 6.31. The van der Waals surface area contributed by atoms with Crippen LogP contribution in [0.4, 0.5) is 5.69 Å². The first kappa shape index (κ1) is 27.2. The van der Waals surface area contributed by atoms with E-state index in [1.165, 1.54) is 6.39 Å². The summed E-state index contributed by atoms with van der Waals surface area (Å²) in [6, 6.07) is 12.1. The minimum absolute atomic E-state index is 0.130. The third-order valence-electron chi connectivity index (χ3n) is 8.62. The van der Waals surface area contributed by atoms with E-state index in [0.29, 0.717) is 28.9 Å². The number of nitrogens with zero attached hydrogens (tertiary/aromatic N) is 2. The maximum absolute atomic E-state index is 13.8. The predicted octanol–water partition coefficient (Wildman–Crippen LogP) is 3.68. The molecule has 4 aromatic rings. The number of hydrogen-bond acceptors (Lipinski definition) is 9. The van der Waals surface area contributed by atoms with E-state index in [0.717, 1.165) is 22.4 Å². The van der Waals surface area contributed by atoms with Crippen LogP contribution in [-0.2, 0) is 21.4 Å². The Bertz CT molecular complexity index is 1710. The first-order valence-corrected chi connectivity index (χ1v) is 14.5. The molecule has 5 heterocycles. The number of hydrogen-bond donors (Lipinski definition) is 4. The van der Waals surface area contributed by atoms with E-state index < -0.39 is 41.6 Å². The highest BCUT2D eigenvalue weighted by Crippen LogP contribution is 2.59. The van der Waals surface area contributed by atoms with Crippen molar-refractivity contribution in [3.8, 4) is 17.2 Å². The lowest BCUT2D eigenvalue weighted by Crippen LogP contribution is -2.52. The number of fused-ring (bicyclic) bond motifs is 4. The Morgan fingerprint density at radius 2 is 1.93 bits per heavy atom. The van der Waals surface area contributed by atoms with Crippen LogP contribution in [-0.4, -0.2) is 45.3 Å².